The van der Waals surface area contributed by atoms with Gasteiger partial charge in [-0.25, -0.2) is 0 Å². The van der Waals surface area contributed by atoms with E-state index in [0.29, 0.717) is 24.7 Å². The largest absolute Gasteiger partial charge is 0.481 e. The van der Waals surface area contributed by atoms with Gasteiger partial charge in [-0.3, -0.25) is 28.5 Å². The van der Waals surface area contributed by atoms with E-state index in [1.807, 2.05) is 94.6 Å². The molecule has 4 aliphatic rings. The number of aromatic nitrogens is 4. The third-order valence-electron chi connectivity index (χ3n) is 16.8. The Kier molecular flexibility index (Phi) is 12.3. The van der Waals surface area contributed by atoms with Gasteiger partial charge in [0.25, 0.3) is 0 Å². The summed E-state index contributed by atoms with van der Waals surface area (Å²) in [5.41, 5.74) is 10.6. The van der Waals surface area contributed by atoms with Crippen molar-refractivity contribution in [3.63, 3.8) is 0 Å². The number of benzene rings is 6. The van der Waals surface area contributed by atoms with Crippen LogP contribution in [0.3, 0.4) is 0 Å². The molecule has 72 heavy (non-hydrogen) atoms. The quantitative estimate of drug-likeness (QED) is 0.103. The molecule has 4 saturated carbocycles. The van der Waals surface area contributed by atoms with E-state index in [9.17, 15) is 29.4 Å². The number of nitrogens with zero attached hydrogens (tertiary/aromatic N) is 4. The fourth-order valence-electron chi connectivity index (χ4n) is 13.0. The standard InChI is InChI=1S/2C31H30N2O3/c2*1-20(22-10-12-24(13-11-22)23-6-3-2-4-7-23)33-29-25(19-32-33)8-5-9-27(29)28(34)14-21-15-31(16-21)17-26(18-31)30(35)36/h2*2-13,19-21,26H,14-18H2,1H3,(H,35,36). The molecule has 2 N–H and O–H groups in total. The summed E-state index contributed by atoms with van der Waals surface area (Å²) in [6.07, 6.45) is 11.7. The topological polar surface area (TPSA) is 144 Å². The number of ketones is 2. The van der Waals surface area contributed by atoms with Crippen LogP contribution in [-0.4, -0.2) is 53.3 Å². The Bertz CT molecular complexity index is 3070. The zero-order valence-electron chi connectivity index (χ0n) is 40.9. The van der Waals surface area contributed by atoms with E-state index in [1.165, 1.54) is 22.3 Å². The van der Waals surface area contributed by atoms with Gasteiger partial charge in [0.15, 0.2) is 11.6 Å². The van der Waals surface area contributed by atoms with Gasteiger partial charge in [-0.15, -0.1) is 0 Å². The molecule has 4 aliphatic carbocycles. The van der Waals surface area contributed by atoms with Crippen molar-refractivity contribution in [3.05, 3.63) is 180 Å². The number of carboxylic acid groups (broad SMARTS) is 2. The van der Waals surface area contributed by atoms with Crippen LogP contribution in [0.15, 0.2) is 158 Å². The summed E-state index contributed by atoms with van der Waals surface area (Å²) in [6, 6.07) is 49.5. The average molecular weight is 957 g/mol. The van der Waals surface area contributed by atoms with Crippen LogP contribution in [0, 0.1) is 34.5 Å². The Morgan fingerprint density at radius 2 is 0.819 bits per heavy atom. The predicted molar refractivity (Wildman–Crippen MR) is 280 cm³/mol. The van der Waals surface area contributed by atoms with Gasteiger partial charge in [0.1, 0.15) is 0 Å². The van der Waals surface area contributed by atoms with Crippen molar-refractivity contribution in [2.75, 3.05) is 0 Å². The van der Waals surface area contributed by atoms with Crippen LogP contribution in [0.25, 0.3) is 44.1 Å². The predicted octanol–water partition coefficient (Wildman–Crippen LogP) is 13.6. The van der Waals surface area contributed by atoms with Crippen LogP contribution in [0.2, 0.25) is 0 Å². The van der Waals surface area contributed by atoms with Crippen molar-refractivity contribution >= 4 is 45.3 Å². The number of hydrogen-bond acceptors (Lipinski definition) is 6. The van der Waals surface area contributed by atoms with Gasteiger partial charge in [-0.1, -0.05) is 133 Å². The minimum absolute atomic E-state index is 0.0174. The SMILES string of the molecule is CC(c1ccc(-c2ccccc2)cc1)n1ncc2cccc(C(=O)CC3CC4(C3)CC(C(=O)O)C4)c21.CC(c1ccc(-c2ccccc2)cc1)n1ncc2cccc(C(=O)CC3CC4(C3)CC(C(=O)O)C4)c21. The second-order valence-corrected chi connectivity index (χ2v) is 21.7. The monoisotopic (exact) mass is 956 g/mol. The second-order valence-electron chi connectivity index (χ2n) is 21.7. The fraction of sp³-hybridized carbons (Fsp3) is 0.323. The molecular formula is C62H60N4O6. The van der Waals surface area contributed by atoms with Crippen molar-refractivity contribution in [2.24, 2.45) is 34.5 Å². The van der Waals surface area contributed by atoms with Crippen LogP contribution in [0.1, 0.15) is 122 Å². The molecule has 8 aromatic rings. The smallest absolute Gasteiger partial charge is 0.306 e. The molecule has 10 nitrogen and oxygen atoms in total. The first-order chi connectivity index (χ1) is 34.8. The van der Waals surface area contributed by atoms with E-state index >= 15 is 0 Å². The molecule has 0 bridgehead atoms. The minimum Gasteiger partial charge on any atom is -0.481 e. The average Bonchev–Trinajstić information content (AvgIpc) is 4.00. The van der Waals surface area contributed by atoms with E-state index in [1.54, 1.807) is 0 Å². The molecule has 6 aromatic carbocycles. The number of carbonyl (C=O) groups is 4. The lowest BCUT2D eigenvalue weighted by atomic mass is 9.47. The molecule has 2 aromatic heterocycles. The van der Waals surface area contributed by atoms with Gasteiger partial charge in [0.2, 0.25) is 0 Å². The molecule has 2 spiro atoms. The van der Waals surface area contributed by atoms with Gasteiger partial charge in [-0.2, -0.15) is 10.2 Å². The highest BCUT2D eigenvalue weighted by molar-refractivity contribution is 6.08. The number of aliphatic carboxylic acids is 2. The number of fused-ring (bicyclic) bond motifs is 2. The van der Waals surface area contributed by atoms with Gasteiger partial charge < -0.3 is 10.2 Å². The number of hydrogen-bond donors (Lipinski definition) is 2. The fourth-order valence-corrected chi connectivity index (χ4v) is 13.0. The molecule has 0 saturated heterocycles. The minimum atomic E-state index is -0.677. The molecule has 0 aliphatic heterocycles. The Hall–Kier alpha value is -7.46. The number of carboxylic acids is 2. The summed E-state index contributed by atoms with van der Waals surface area (Å²) in [7, 11) is 0. The molecule has 364 valence electrons. The Morgan fingerprint density at radius 1 is 0.472 bits per heavy atom. The van der Waals surface area contributed by atoms with Gasteiger partial charge in [0.05, 0.1) is 47.3 Å². The first-order valence-electron chi connectivity index (χ1n) is 25.6. The summed E-state index contributed by atoms with van der Waals surface area (Å²) in [6.45, 7) is 4.24. The highest BCUT2D eigenvalue weighted by Gasteiger charge is 2.56. The Morgan fingerprint density at radius 3 is 1.17 bits per heavy atom. The lowest BCUT2D eigenvalue weighted by molar-refractivity contribution is -0.158. The van der Waals surface area contributed by atoms with Gasteiger partial charge in [0, 0.05) is 34.7 Å². The lowest BCUT2D eigenvalue weighted by Gasteiger charge is -2.56. The first-order valence-corrected chi connectivity index (χ1v) is 25.6. The number of carbonyl (C=O) groups excluding carboxylic acids is 2. The number of para-hydroxylation sites is 2. The highest BCUT2D eigenvalue weighted by Crippen LogP contribution is 2.63. The van der Waals surface area contributed by atoms with E-state index in [2.05, 4.69) is 96.8 Å². The Balaban J connectivity index is 0.000000156. The summed E-state index contributed by atoms with van der Waals surface area (Å²) in [4.78, 5) is 49.2. The Labute approximate surface area is 419 Å². The molecule has 4 fully saturated rings. The lowest BCUT2D eigenvalue weighted by Crippen LogP contribution is -2.50. The molecule has 2 heterocycles. The highest BCUT2D eigenvalue weighted by atomic mass is 16.4. The number of rotatable bonds is 14. The normalized spacial score (nSPS) is 23.7. The van der Waals surface area contributed by atoms with E-state index in [4.69, 9.17) is 0 Å². The molecule has 0 amide bonds. The third-order valence-corrected chi connectivity index (χ3v) is 16.8. The van der Waals surface area contributed by atoms with Crippen molar-refractivity contribution < 1.29 is 29.4 Å². The summed E-state index contributed by atoms with van der Waals surface area (Å²) >= 11 is 0. The van der Waals surface area contributed by atoms with Crippen LogP contribution < -0.4 is 0 Å². The summed E-state index contributed by atoms with van der Waals surface area (Å²) < 4.78 is 3.96. The van der Waals surface area contributed by atoms with E-state index < -0.39 is 11.9 Å². The molecule has 2 unspecified atom stereocenters. The maximum atomic E-state index is 13.4. The summed E-state index contributed by atoms with van der Waals surface area (Å²) in [5, 5.41) is 29.7. The maximum absolute atomic E-state index is 13.4. The summed E-state index contributed by atoms with van der Waals surface area (Å²) in [5.74, 6) is -0.719. The van der Waals surface area contributed by atoms with Crippen LogP contribution in [0.4, 0.5) is 0 Å². The maximum Gasteiger partial charge on any atom is 0.306 e. The van der Waals surface area contributed by atoms with Crippen LogP contribution in [0.5, 0.6) is 0 Å². The zero-order chi connectivity index (χ0) is 49.7. The van der Waals surface area contributed by atoms with Crippen LogP contribution >= 0.6 is 0 Å². The number of Topliss-reactive ketones (excluding diaryl/α,β-unsaturated/α-hetero) is 2. The van der Waals surface area contributed by atoms with E-state index in [-0.39, 0.29) is 46.3 Å². The molecule has 0 radical (unpaired) electrons. The van der Waals surface area contributed by atoms with Crippen molar-refractivity contribution in [1.82, 2.24) is 19.6 Å². The van der Waals surface area contributed by atoms with Crippen molar-refractivity contribution in [2.45, 2.75) is 90.1 Å². The van der Waals surface area contributed by atoms with Gasteiger partial charge >= 0.3 is 11.9 Å². The zero-order valence-corrected chi connectivity index (χ0v) is 40.9. The van der Waals surface area contributed by atoms with Crippen LogP contribution in [-0.2, 0) is 9.59 Å². The third kappa shape index (κ3) is 8.97. The van der Waals surface area contributed by atoms with E-state index in [0.717, 1.165) is 95.4 Å². The van der Waals surface area contributed by atoms with Gasteiger partial charge in [-0.05, 0) is 133 Å². The van der Waals surface area contributed by atoms with Crippen molar-refractivity contribution in [3.8, 4) is 22.3 Å². The molecule has 2 atom stereocenters. The molecule has 12 rings (SSSR count). The molecule has 10 heteroatoms. The molecular weight excluding hydrogens is 897 g/mol. The first kappa shape index (κ1) is 46.9. The second kappa shape index (κ2) is 18.9. The van der Waals surface area contributed by atoms with Crippen molar-refractivity contribution in [1.29, 1.82) is 0 Å².